The molecule has 194 valence electrons. The molecular weight excluding hydrogens is 539 g/mol. The summed E-state index contributed by atoms with van der Waals surface area (Å²) in [7, 11) is -17.7. The van der Waals surface area contributed by atoms with Crippen LogP contribution in [-0.2, 0) is 31.6 Å². The number of aromatic nitrogens is 3. The van der Waals surface area contributed by atoms with Crippen molar-refractivity contribution in [3.05, 3.63) is 28.4 Å². The molecule has 0 bridgehead atoms. The van der Waals surface area contributed by atoms with Crippen LogP contribution in [-0.4, -0.2) is 68.7 Å². The van der Waals surface area contributed by atoms with Crippen LogP contribution in [0.2, 0.25) is 0 Å². The Kier molecular flexibility index (Phi) is 6.86. The van der Waals surface area contributed by atoms with Gasteiger partial charge in [-0.15, -0.1) is 5.92 Å². The standard InChI is InChI=1S/C15H20N3O14P3/c1-3-5-15(21)11(19)10(7-29-34(25,26)32-35(27,28)31-33(22,23)24)30-14(15)18-6-4-9-12(18)16-8(2)17-13(9)20/h4,6,10-11,14,19,21H,7H2,1-2H3,(H,25,26)(H,27,28)(H,16,17,20)(H2,22,23,24)/t10-,11+,14-,15?/m1/s1/i7D2. The van der Waals surface area contributed by atoms with Gasteiger partial charge in [-0.2, -0.15) is 8.62 Å². The van der Waals surface area contributed by atoms with E-state index in [0.717, 1.165) is 4.57 Å². The SMILES string of the molecule is [2H]C([2H])(OP(=O)(O)OP(=O)(O)OP(=O)(O)O)[C@H]1O[C@@H](n2ccc3c(=O)[nH]c(C)nc32)C(O)(C#CC)[C@H]1O. The second-order valence-electron chi connectivity index (χ2n) is 6.97. The van der Waals surface area contributed by atoms with Gasteiger partial charge >= 0.3 is 23.5 Å². The molecule has 3 rings (SSSR count). The zero-order valence-electron chi connectivity index (χ0n) is 19.6. The van der Waals surface area contributed by atoms with Crippen LogP contribution in [0.25, 0.3) is 11.0 Å². The molecule has 2 aromatic heterocycles. The molecule has 35 heavy (non-hydrogen) atoms. The lowest BCUT2D eigenvalue weighted by Crippen LogP contribution is -2.46. The highest BCUT2D eigenvalue weighted by Gasteiger charge is 2.56. The van der Waals surface area contributed by atoms with Gasteiger partial charge in [-0.3, -0.25) is 9.32 Å². The van der Waals surface area contributed by atoms with Crippen LogP contribution in [0.1, 0.15) is 21.7 Å². The van der Waals surface area contributed by atoms with Gasteiger partial charge in [-0.05, 0) is 19.9 Å². The summed E-state index contributed by atoms with van der Waals surface area (Å²) in [4.78, 5) is 55.0. The van der Waals surface area contributed by atoms with Crippen molar-refractivity contribution in [3.63, 3.8) is 0 Å². The van der Waals surface area contributed by atoms with Crippen LogP contribution < -0.4 is 5.56 Å². The van der Waals surface area contributed by atoms with E-state index in [4.69, 9.17) is 17.3 Å². The number of phosphoric acid groups is 3. The summed E-state index contributed by atoms with van der Waals surface area (Å²) in [5.41, 5.74) is -3.26. The first kappa shape index (κ1) is 24.9. The number of aryl methyl sites for hydroxylation is 1. The molecule has 1 aliphatic rings. The lowest BCUT2D eigenvalue weighted by atomic mass is 9.94. The summed E-state index contributed by atoms with van der Waals surface area (Å²) in [6.07, 6.45) is -5.25. The lowest BCUT2D eigenvalue weighted by Gasteiger charge is -2.26. The summed E-state index contributed by atoms with van der Waals surface area (Å²) >= 11 is 0. The molecule has 1 saturated heterocycles. The molecule has 0 aliphatic carbocycles. The summed E-state index contributed by atoms with van der Waals surface area (Å²) in [5.74, 6) is 4.73. The number of H-pyrrole nitrogens is 1. The second-order valence-corrected chi connectivity index (χ2v) is 11.3. The molecule has 2 aromatic rings. The van der Waals surface area contributed by atoms with E-state index in [2.05, 4.69) is 35.0 Å². The second kappa shape index (κ2) is 9.62. The number of aliphatic hydroxyl groups excluding tert-OH is 1. The maximum absolute atomic E-state index is 12.2. The topological polar surface area (TPSA) is 260 Å². The van der Waals surface area contributed by atoms with Gasteiger partial charge in [0.15, 0.2) is 11.8 Å². The Balaban J connectivity index is 1.99. The van der Waals surface area contributed by atoms with Gasteiger partial charge in [-0.25, -0.2) is 18.7 Å². The molecule has 0 spiro atoms. The van der Waals surface area contributed by atoms with Crippen molar-refractivity contribution in [1.29, 1.82) is 0 Å². The predicted molar refractivity (Wildman–Crippen MR) is 113 cm³/mol. The van der Waals surface area contributed by atoms with Crippen LogP contribution >= 0.6 is 23.5 Å². The Labute approximate surface area is 198 Å². The zero-order chi connectivity index (χ0) is 28.2. The Morgan fingerprint density at radius 2 is 1.94 bits per heavy atom. The highest BCUT2D eigenvalue weighted by molar-refractivity contribution is 7.66. The van der Waals surface area contributed by atoms with Crippen LogP contribution in [0.5, 0.6) is 0 Å². The third-order valence-corrected chi connectivity index (χ3v) is 8.03. The number of nitrogens with one attached hydrogen (secondary N) is 1. The molecule has 3 unspecified atom stereocenters. The largest absolute Gasteiger partial charge is 0.490 e. The molecular formula is C15H20N3O14P3. The third kappa shape index (κ3) is 6.16. The molecule has 3 heterocycles. The van der Waals surface area contributed by atoms with Crippen molar-refractivity contribution >= 4 is 34.5 Å². The first-order valence-electron chi connectivity index (χ1n) is 10.1. The van der Waals surface area contributed by atoms with E-state index in [1.54, 1.807) is 0 Å². The fourth-order valence-corrected chi connectivity index (χ4v) is 6.03. The van der Waals surface area contributed by atoms with Gasteiger partial charge in [0, 0.05) is 6.20 Å². The van der Waals surface area contributed by atoms with E-state index in [9.17, 15) is 38.5 Å². The quantitative estimate of drug-likeness (QED) is 0.157. The number of fused-ring (bicyclic) bond motifs is 1. The molecule has 0 aromatic carbocycles. The van der Waals surface area contributed by atoms with Crippen molar-refractivity contribution in [1.82, 2.24) is 14.5 Å². The Morgan fingerprint density at radius 1 is 1.29 bits per heavy atom. The Hall–Kier alpha value is -1.73. The van der Waals surface area contributed by atoms with E-state index in [1.165, 1.54) is 26.1 Å². The minimum Gasteiger partial charge on any atom is -0.386 e. The molecule has 0 radical (unpaired) electrons. The van der Waals surface area contributed by atoms with Gasteiger partial charge in [0.2, 0.25) is 0 Å². The van der Waals surface area contributed by atoms with Crippen LogP contribution in [0.4, 0.5) is 0 Å². The minimum atomic E-state index is -6.02. The van der Waals surface area contributed by atoms with Gasteiger partial charge in [-0.1, -0.05) is 5.92 Å². The number of hydrogen-bond acceptors (Lipinski definition) is 11. The number of aliphatic hydroxyl groups is 2. The van der Waals surface area contributed by atoms with Crippen LogP contribution in [0.15, 0.2) is 17.1 Å². The van der Waals surface area contributed by atoms with Crippen molar-refractivity contribution in [2.75, 3.05) is 6.56 Å². The normalized spacial score (nSPS) is 29.5. The van der Waals surface area contributed by atoms with Crippen molar-refractivity contribution in [2.24, 2.45) is 0 Å². The number of nitrogens with zero attached hydrogens (tertiary/aromatic N) is 2. The number of ether oxygens (including phenoxy) is 1. The van der Waals surface area contributed by atoms with Gasteiger partial charge in [0.1, 0.15) is 23.7 Å². The number of phosphoric ester groups is 1. The summed E-state index contributed by atoms with van der Waals surface area (Å²) in [6, 6.07) is 1.28. The van der Waals surface area contributed by atoms with E-state index < -0.39 is 59.6 Å². The average Bonchev–Trinajstić information content (AvgIpc) is 3.18. The Bertz CT molecular complexity index is 1480. The minimum absolute atomic E-state index is 0.0234. The van der Waals surface area contributed by atoms with E-state index in [1.807, 2.05) is 0 Å². The molecule has 0 saturated carbocycles. The summed E-state index contributed by atoms with van der Waals surface area (Å²) in [5, 5.41) is 22.0. The smallest absolute Gasteiger partial charge is 0.386 e. The first-order chi connectivity index (χ1) is 16.7. The summed E-state index contributed by atoms with van der Waals surface area (Å²) < 4.78 is 68.2. The van der Waals surface area contributed by atoms with Gasteiger partial charge in [0.05, 0.1) is 14.7 Å². The van der Waals surface area contributed by atoms with Crippen LogP contribution in [0, 0.1) is 18.8 Å². The number of rotatable bonds is 8. The first-order valence-corrected chi connectivity index (χ1v) is 13.7. The third-order valence-electron chi connectivity index (χ3n) is 4.37. The van der Waals surface area contributed by atoms with Crippen LogP contribution in [0.3, 0.4) is 0 Å². The van der Waals surface area contributed by atoms with Gasteiger partial charge < -0.3 is 44.1 Å². The van der Waals surface area contributed by atoms with E-state index in [-0.39, 0.29) is 16.9 Å². The number of hydrogen-bond donors (Lipinski definition) is 7. The predicted octanol–water partition coefficient (Wildman–Crippen LogP) is -0.611. The van der Waals surface area contributed by atoms with Crippen molar-refractivity contribution < 1.29 is 64.1 Å². The Morgan fingerprint density at radius 3 is 2.54 bits per heavy atom. The maximum atomic E-state index is 12.2. The van der Waals surface area contributed by atoms with E-state index in [0.29, 0.717) is 0 Å². The number of aromatic amines is 1. The molecule has 0 amide bonds. The van der Waals surface area contributed by atoms with E-state index >= 15 is 0 Å². The monoisotopic (exact) mass is 561 g/mol. The fourth-order valence-electron chi connectivity index (χ4n) is 3.16. The summed E-state index contributed by atoms with van der Waals surface area (Å²) in [6.45, 7) is -0.894. The highest BCUT2D eigenvalue weighted by Crippen LogP contribution is 2.66. The highest BCUT2D eigenvalue weighted by atomic mass is 31.3. The lowest BCUT2D eigenvalue weighted by molar-refractivity contribution is -0.0716. The fraction of sp³-hybridized carbons (Fsp3) is 0.467. The molecule has 1 fully saturated rings. The molecule has 6 atom stereocenters. The zero-order valence-corrected chi connectivity index (χ0v) is 20.3. The molecule has 17 nitrogen and oxygen atoms in total. The average molecular weight is 561 g/mol. The molecule has 1 aliphatic heterocycles. The maximum Gasteiger partial charge on any atom is 0.490 e. The van der Waals surface area contributed by atoms with Gasteiger partial charge in [0.25, 0.3) is 5.56 Å². The molecule has 7 N–H and O–H groups in total. The molecule has 20 heteroatoms. The van der Waals surface area contributed by atoms with Crippen molar-refractivity contribution in [3.8, 4) is 11.8 Å². The van der Waals surface area contributed by atoms with Crippen molar-refractivity contribution in [2.45, 2.75) is 37.9 Å².